The number of rotatable bonds is 3. The molecule has 146 valence electrons. The molecule has 6 rings (SSSR count). The third-order valence-electron chi connectivity index (χ3n) is 7.39. The van der Waals surface area contributed by atoms with Crippen molar-refractivity contribution in [2.24, 2.45) is 17.3 Å². The van der Waals surface area contributed by atoms with Crippen molar-refractivity contribution in [2.75, 3.05) is 5.32 Å². The molecule has 0 unspecified atom stereocenters. The summed E-state index contributed by atoms with van der Waals surface area (Å²) >= 11 is 0. The van der Waals surface area contributed by atoms with Crippen LogP contribution in [0.1, 0.15) is 49.7 Å². The minimum absolute atomic E-state index is 0.0520. The molecule has 4 saturated carbocycles. The topological polar surface area (TPSA) is 29.1 Å². The van der Waals surface area contributed by atoms with Gasteiger partial charge in [0.2, 0.25) is 5.91 Å². The smallest absolute Gasteiger partial charge is 0.230 e. The molecule has 2 atom stereocenters. The Balaban J connectivity index is 1.47. The zero-order chi connectivity index (χ0) is 19.5. The van der Waals surface area contributed by atoms with Crippen molar-refractivity contribution in [3.63, 3.8) is 0 Å². The van der Waals surface area contributed by atoms with Crippen LogP contribution in [0, 0.1) is 35.8 Å². The molecule has 4 fully saturated rings. The molecule has 0 saturated heterocycles. The van der Waals surface area contributed by atoms with E-state index in [4.69, 9.17) is 0 Å². The monoisotopic (exact) mass is 381 g/mol. The van der Waals surface area contributed by atoms with Gasteiger partial charge in [0.1, 0.15) is 11.6 Å². The van der Waals surface area contributed by atoms with Crippen LogP contribution in [-0.2, 0) is 10.2 Å². The van der Waals surface area contributed by atoms with Gasteiger partial charge in [-0.05, 0) is 80.4 Å². The molecular formula is C24H25F2NO. The molecule has 4 bridgehead atoms. The van der Waals surface area contributed by atoms with Gasteiger partial charge in [0.15, 0.2) is 0 Å². The summed E-state index contributed by atoms with van der Waals surface area (Å²) in [5, 5.41) is 2.79. The van der Waals surface area contributed by atoms with Gasteiger partial charge >= 0.3 is 0 Å². The van der Waals surface area contributed by atoms with Crippen LogP contribution in [0.15, 0.2) is 42.5 Å². The van der Waals surface area contributed by atoms with Crippen LogP contribution >= 0.6 is 0 Å². The normalized spacial score (nSPS) is 33.1. The minimum Gasteiger partial charge on any atom is -0.323 e. The Morgan fingerprint density at radius 3 is 2.32 bits per heavy atom. The summed E-state index contributed by atoms with van der Waals surface area (Å²) < 4.78 is 27.3. The van der Waals surface area contributed by atoms with Crippen LogP contribution in [0.4, 0.5) is 14.5 Å². The fourth-order valence-corrected chi connectivity index (χ4v) is 6.62. The molecule has 0 aliphatic heterocycles. The van der Waals surface area contributed by atoms with Gasteiger partial charge in [-0.3, -0.25) is 4.79 Å². The molecule has 28 heavy (non-hydrogen) atoms. The van der Waals surface area contributed by atoms with Crippen LogP contribution < -0.4 is 5.32 Å². The molecule has 0 spiro atoms. The van der Waals surface area contributed by atoms with Gasteiger partial charge in [0.05, 0.1) is 11.1 Å². The third kappa shape index (κ3) is 2.76. The molecule has 4 aliphatic carbocycles. The van der Waals surface area contributed by atoms with Crippen molar-refractivity contribution < 1.29 is 13.6 Å². The van der Waals surface area contributed by atoms with E-state index in [1.807, 2.05) is 0 Å². The first-order chi connectivity index (χ1) is 13.4. The molecule has 2 aromatic rings. The van der Waals surface area contributed by atoms with Crippen molar-refractivity contribution in [1.29, 1.82) is 0 Å². The Hall–Kier alpha value is -2.23. The Morgan fingerprint density at radius 2 is 1.68 bits per heavy atom. The second kappa shape index (κ2) is 6.13. The average Bonchev–Trinajstić information content (AvgIpc) is 2.63. The van der Waals surface area contributed by atoms with Crippen LogP contribution in [-0.4, -0.2) is 5.91 Å². The Labute approximate surface area is 164 Å². The van der Waals surface area contributed by atoms with Crippen molar-refractivity contribution >= 4 is 11.6 Å². The Kier molecular flexibility index (Phi) is 3.91. The molecule has 0 aromatic heterocycles. The van der Waals surface area contributed by atoms with E-state index in [2.05, 4.69) is 36.5 Å². The highest BCUT2D eigenvalue weighted by molar-refractivity contribution is 5.96. The average molecular weight is 381 g/mol. The van der Waals surface area contributed by atoms with E-state index in [0.717, 1.165) is 38.2 Å². The molecule has 1 N–H and O–H groups in total. The first-order valence-corrected chi connectivity index (χ1v) is 10.2. The zero-order valence-electron chi connectivity index (χ0n) is 16.1. The number of nitrogens with one attached hydrogen (secondary N) is 1. The molecule has 2 aromatic carbocycles. The van der Waals surface area contributed by atoms with Crippen molar-refractivity contribution in [3.05, 3.63) is 65.2 Å². The van der Waals surface area contributed by atoms with Gasteiger partial charge in [-0.15, -0.1) is 0 Å². The van der Waals surface area contributed by atoms with Crippen molar-refractivity contribution in [3.8, 4) is 0 Å². The highest BCUT2D eigenvalue weighted by Crippen LogP contribution is 2.66. The maximum atomic E-state index is 14.1. The molecule has 0 heterocycles. The Bertz CT molecular complexity index is 922. The van der Waals surface area contributed by atoms with Crippen LogP contribution in [0.2, 0.25) is 0 Å². The highest BCUT2D eigenvalue weighted by atomic mass is 19.1. The lowest BCUT2D eigenvalue weighted by molar-refractivity contribution is -0.143. The van der Waals surface area contributed by atoms with E-state index in [1.54, 1.807) is 0 Å². The summed E-state index contributed by atoms with van der Waals surface area (Å²) in [6, 6.07) is 12.1. The fourth-order valence-electron chi connectivity index (χ4n) is 6.62. The predicted octanol–water partition coefficient (Wildman–Crippen LogP) is 5.75. The van der Waals surface area contributed by atoms with Gasteiger partial charge in [-0.25, -0.2) is 8.78 Å². The third-order valence-corrected chi connectivity index (χ3v) is 7.39. The number of hydrogen-bond acceptors (Lipinski definition) is 1. The molecule has 0 radical (unpaired) electrons. The molecule has 4 aliphatic rings. The summed E-state index contributed by atoms with van der Waals surface area (Å²) in [7, 11) is 0. The molecule has 4 heteroatoms. The molecular weight excluding hydrogens is 356 g/mol. The van der Waals surface area contributed by atoms with Crippen LogP contribution in [0.25, 0.3) is 0 Å². The lowest BCUT2D eigenvalue weighted by Gasteiger charge is -2.61. The number of anilines is 1. The van der Waals surface area contributed by atoms with E-state index in [0.29, 0.717) is 11.8 Å². The number of hydrogen-bond donors (Lipinski definition) is 1. The minimum atomic E-state index is -0.716. The fraction of sp³-hybridized carbons (Fsp3) is 0.458. The van der Waals surface area contributed by atoms with Gasteiger partial charge in [-0.2, -0.15) is 0 Å². The van der Waals surface area contributed by atoms with Gasteiger partial charge < -0.3 is 5.32 Å². The number of aryl methyl sites for hydroxylation is 1. The highest BCUT2D eigenvalue weighted by Gasteiger charge is 2.60. The first kappa shape index (κ1) is 17.8. The largest absolute Gasteiger partial charge is 0.323 e. The number of amides is 1. The second-order valence-electron chi connectivity index (χ2n) is 9.47. The number of benzene rings is 2. The number of halogens is 2. The van der Waals surface area contributed by atoms with Gasteiger partial charge in [0, 0.05) is 6.07 Å². The first-order valence-electron chi connectivity index (χ1n) is 10.2. The lowest BCUT2D eigenvalue weighted by atomic mass is 9.42. The molecule has 1 amide bonds. The Morgan fingerprint density at radius 1 is 1.00 bits per heavy atom. The van der Waals surface area contributed by atoms with E-state index in [1.165, 1.54) is 29.7 Å². The van der Waals surface area contributed by atoms with E-state index >= 15 is 0 Å². The maximum Gasteiger partial charge on any atom is 0.230 e. The van der Waals surface area contributed by atoms with Crippen LogP contribution in [0.3, 0.4) is 0 Å². The molecule has 2 nitrogen and oxygen atoms in total. The second-order valence-corrected chi connectivity index (χ2v) is 9.47. The maximum absolute atomic E-state index is 14.1. The lowest BCUT2D eigenvalue weighted by Crippen LogP contribution is -2.58. The van der Waals surface area contributed by atoms with Gasteiger partial charge in [-0.1, -0.05) is 29.8 Å². The number of carbonyl (C=O) groups is 1. The summed E-state index contributed by atoms with van der Waals surface area (Å²) in [5.74, 6) is -0.351. The quantitative estimate of drug-likeness (QED) is 0.721. The van der Waals surface area contributed by atoms with E-state index < -0.39 is 17.0 Å². The SMILES string of the molecule is Cc1ccc(C23C[C@H]4C[C@@H](CC(C(=O)Nc5ccc(F)cc5F)(C4)C2)C3)cc1. The van der Waals surface area contributed by atoms with Crippen molar-refractivity contribution in [2.45, 2.75) is 50.9 Å². The summed E-state index contributed by atoms with van der Waals surface area (Å²) in [5.41, 5.74) is 2.27. The standard InChI is InChI=1S/C24H25F2NO/c1-15-2-4-18(5-3-15)23-10-16-8-17(11-23)13-24(12-16,14-23)22(28)27-21-7-6-19(25)9-20(21)26/h2-7,9,16-17H,8,10-14H2,1H3,(H,27,28)/t16-,17-,23?,24?/m1/s1. The van der Waals surface area contributed by atoms with Crippen LogP contribution in [0.5, 0.6) is 0 Å². The number of carbonyl (C=O) groups excluding carboxylic acids is 1. The predicted molar refractivity (Wildman–Crippen MR) is 105 cm³/mol. The summed E-state index contributed by atoms with van der Waals surface area (Å²) in [6.07, 6.45) is 6.08. The van der Waals surface area contributed by atoms with Gasteiger partial charge in [0.25, 0.3) is 0 Å². The van der Waals surface area contributed by atoms with E-state index in [-0.39, 0.29) is 17.0 Å². The summed E-state index contributed by atoms with van der Waals surface area (Å²) in [6.45, 7) is 2.09. The van der Waals surface area contributed by atoms with E-state index in [9.17, 15) is 13.6 Å². The zero-order valence-corrected chi connectivity index (χ0v) is 16.1. The van der Waals surface area contributed by atoms with Crippen molar-refractivity contribution in [1.82, 2.24) is 0 Å². The summed E-state index contributed by atoms with van der Waals surface area (Å²) in [4.78, 5) is 13.4.